The Morgan fingerprint density at radius 1 is 1.43 bits per heavy atom. The van der Waals surface area contributed by atoms with Crippen LogP contribution < -0.4 is 5.73 Å². The van der Waals surface area contributed by atoms with Crippen LogP contribution in [-0.4, -0.2) is 5.11 Å². The monoisotopic (exact) mass is 193 g/mol. The summed E-state index contributed by atoms with van der Waals surface area (Å²) in [7, 11) is 0. The smallest absolute Gasteiger partial charge is 0.120 e. The van der Waals surface area contributed by atoms with Gasteiger partial charge in [0.15, 0.2) is 0 Å². The molecule has 14 heavy (non-hydrogen) atoms. The third kappa shape index (κ3) is 2.74. The number of phenolic OH excluding ortho intramolecular Hbond substituents is 1. The van der Waals surface area contributed by atoms with Gasteiger partial charge in [0.2, 0.25) is 0 Å². The summed E-state index contributed by atoms with van der Waals surface area (Å²) in [4.78, 5) is 0. The Morgan fingerprint density at radius 2 is 2.14 bits per heavy atom. The van der Waals surface area contributed by atoms with Crippen molar-refractivity contribution in [1.82, 2.24) is 0 Å². The van der Waals surface area contributed by atoms with Crippen molar-refractivity contribution >= 4 is 0 Å². The number of aryl methyl sites for hydroxylation is 1. The molecule has 0 saturated carbocycles. The molecule has 1 aromatic carbocycles. The molecule has 1 atom stereocenters. The van der Waals surface area contributed by atoms with Gasteiger partial charge in [0, 0.05) is 11.6 Å². The Balaban J connectivity index is 2.74. The molecule has 0 aromatic heterocycles. The van der Waals surface area contributed by atoms with Crippen LogP contribution in [0, 0.1) is 6.92 Å². The molecule has 0 amide bonds. The lowest BCUT2D eigenvalue weighted by Crippen LogP contribution is -2.10. The number of unbranched alkanes of at least 4 members (excludes halogenated alkanes) is 1. The average molecular weight is 193 g/mol. The van der Waals surface area contributed by atoms with Gasteiger partial charge in [-0.15, -0.1) is 0 Å². The molecule has 0 aliphatic rings. The minimum absolute atomic E-state index is 0.0319. The molecule has 1 aromatic rings. The summed E-state index contributed by atoms with van der Waals surface area (Å²) in [5.74, 6) is 0.327. The second-order valence-electron chi connectivity index (χ2n) is 3.81. The van der Waals surface area contributed by atoms with Crippen molar-refractivity contribution in [3.8, 4) is 5.75 Å². The Hall–Kier alpha value is -1.02. The van der Waals surface area contributed by atoms with Gasteiger partial charge in [0.05, 0.1) is 0 Å². The molecule has 0 radical (unpaired) electrons. The maximum absolute atomic E-state index is 9.68. The molecule has 0 unspecified atom stereocenters. The van der Waals surface area contributed by atoms with E-state index in [9.17, 15) is 5.11 Å². The van der Waals surface area contributed by atoms with Crippen molar-refractivity contribution in [1.29, 1.82) is 0 Å². The van der Waals surface area contributed by atoms with E-state index < -0.39 is 0 Å². The van der Waals surface area contributed by atoms with Gasteiger partial charge < -0.3 is 10.8 Å². The second-order valence-corrected chi connectivity index (χ2v) is 3.81. The number of aromatic hydroxyl groups is 1. The van der Waals surface area contributed by atoms with E-state index in [1.807, 2.05) is 19.1 Å². The SMILES string of the molecule is CCCC[C@@H](N)c1ccc(C)cc1O. The Morgan fingerprint density at radius 3 is 2.71 bits per heavy atom. The van der Waals surface area contributed by atoms with Crippen LogP contribution in [0.5, 0.6) is 5.75 Å². The molecule has 2 nitrogen and oxygen atoms in total. The number of hydrogen-bond donors (Lipinski definition) is 2. The first kappa shape index (κ1) is 11.1. The third-order valence-corrected chi connectivity index (χ3v) is 2.45. The summed E-state index contributed by atoms with van der Waals surface area (Å²) >= 11 is 0. The maximum Gasteiger partial charge on any atom is 0.120 e. The lowest BCUT2D eigenvalue weighted by atomic mass is 10.00. The Bertz CT molecular complexity index is 296. The van der Waals surface area contributed by atoms with Gasteiger partial charge in [-0.25, -0.2) is 0 Å². The van der Waals surface area contributed by atoms with E-state index in [-0.39, 0.29) is 6.04 Å². The fraction of sp³-hybridized carbons (Fsp3) is 0.500. The molecule has 3 N–H and O–H groups in total. The zero-order valence-electron chi connectivity index (χ0n) is 8.96. The van der Waals surface area contributed by atoms with E-state index in [1.54, 1.807) is 6.07 Å². The first-order chi connectivity index (χ1) is 6.65. The predicted octanol–water partition coefficient (Wildman–Crippen LogP) is 2.89. The number of nitrogens with two attached hydrogens (primary N) is 1. The maximum atomic E-state index is 9.68. The van der Waals surface area contributed by atoms with E-state index >= 15 is 0 Å². The van der Waals surface area contributed by atoms with E-state index in [0.29, 0.717) is 5.75 Å². The predicted molar refractivity (Wildman–Crippen MR) is 59.3 cm³/mol. The number of rotatable bonds is 4. The van der Waals surface area contributed by atoms with Gasteiger partial charge in [-0.05, 0) is 25.0 Å². The van der Waals surface area contributed by atoms with Crippen molar-refractivity contribution in [3.63, 3.8) is 0 Å². The number of hydrogen-bond acceptors (Lipinski definition) is 2. The van der Waals surface area contributed by atoms with Crippen LogP contribution in [0.4, 0.5) is 0 Å². The van der Waals surface area contributed by atoms with Crippen LogP contribution in [0.25, 0.3) is 0 Å². The highest BCUT2D eigenvalue weighted by molar-refractivity contribution is 5.37. The fourth-order valence-electron chi connectivity index (χ4n) is 1.55. The van der Waals surface area contributed by atoms with Crippen molar-refractivity contribution in [2.24, 2.45) is 5.73 Å². The van der Waals surface area contributed by atoms with Crippen LogP contribution in [0.1, 0.15) is 43.4 Å². The molecule has 0 aliphatic heterocycles. The fourth-order valence-corrected chi connectivity index (χ4v) is 1.55. The molecule has 1 rings (SSSR count). The van der Waals surface area contributed by atoms with Gasteiger partial charge in [0.25, 0.3) is 0 Å². The Kier molecular flexibility index (Phi) is 3.96. The van der Waals surface area contributed by atoms with Gasteiger partial charge in [0.1, 0.15) is 5.75 Å². The second kappa shape index (κ2) is 5.01. The van der Waals surface area contributed by atoms with Crippen LogP contribution in [-0.2, 0) is 0 Å². The normalized spacial score (nSPS) is 12.8. The largest absolute Gasteiger partial charge is 0.508 e. The molecule has 0 bridgehead atoms. The summed E-state index contributed by atoms with van der Waals surface area (Å²) in [6.45, 7) is 4.10. The van der Waals surface area contributed by atoms with E-state index in [1.165, 1.54) is 0 Å². The van der Waals surface area contributed by atoms with Gasteiger partial charge >= 0.3 is 0 Å². The van der Waals surface area contributed by atoms with Crippen molar-refractivity contribution in [2.45, 2.75) is 39.2 Å². The van der Waals surface area contributed by atoms with E-state index in [0.717, 1.165) is 30.4 Å². The lowest BCUT2D eigenvalue weighted by molar-refractivity contribution is 0.456. The molecule has 0 heterocycles. The molecule has 78 valence electrons. The molecule has 0 spiro atoms. The topological polar surface area (TPSA) is 46.2 Å². The highest BCUT2D eigenvalue weighted by Gasteiger charge is 2.09. The zero-order valence-corrected chi connectivity index (χ0v) is 8.96. The standard InChI is InChI=1S/C12H19NO/c1-3-4-5-11(13)10-7-6-9(2)8-12(10)14/h6-8,11,14H,3-5,13H2,1-2H3/t11-/m1/s1. The molecule has 0 aliphatic carbocycles. The van der Waals surface area contributed by atoms with Crippen molar-refractivity contribution in [3.05, 3.63) is 29.3 Å². The molecule has 0 saturated heterocycles. The average Bonchev–Trinajstić information content (AvgIpc) is 2.14. The van der Waals surface area contributed by atoms with Crippen LogP contribution in [0.3, 0.4) is 0 Å². The summed E-state index contributed by atoms with van der Waals surface area (Å²) < 4.78 is 0. The van der Waals surface area contributed by atoms with Crippen LogP contribution in [0.15, 0.2) is 18.2 Å². The summed E-state index contributed by atoms with van der Waals surface area (Å²) in [5.41, 5.74) is 7.90. The molecule has 2 heteroatoms. The van der Waals surface area contributed by atoms with E-state index in [4.69, 9.17) is 5.73 Å². The summed E-state index contributed by atoms with van der Waals surface area (Å²) in [6, 6.07) is 5.64. The highest BCUT2D eigenvalue weighted by atomic mass is 16.3. The number of benzene rings is 1. The van der Waals surface area contributed by atoms with E-state index in [2.05, 4.69) is 6.92 Å². The Labute approximate surface area is 85.8 Å². The van der Waals surface area contributed by atoms with Crippen LogP contribution in [0.2, 0.25) is 0 Å². The zero-order chi connectivity index (χ0) is 10.6. The van der Waals surface area contributed by atoms with Gasteiger partial charge in [-0.2, -0.15) is 0 Å². The minimum atomic E-state index is -0.0319. The van der Waals surface area contributed by atoms with Crippen molar-refractivity contribution < 1.29 is 5.11 Å². The molecular formula is C12H19NO. The highest BCUT2D eigenvalue weighted by Crippen LogP contribution is 2.26. The summed E-state index contributed by atoms with van der Waals surface area (Å²) in [5, 5.41) is 9.68. The van der Waals surface area contributed by atoms with Gasteiger partial charge in [-0.3, -0.25) is 0 Å². The first-order valence-corrected chi connectivity index (χ1v) is 5.20. The quantitative estimate of drug-likeness (QED) is 0.772. The van der Waals surface area contributed by atoms with Crippen LogP contribution >= 0.6 is 0 Å². The summed E-state index contributed by atoms with van der Waals surface area (Å²) in [6.07, 6.45) is 3.18. The number of phenols is 1. The first-order valence-electron chi connectivity index (χ1n) is 5.20. The molecule has 0 fully saturated rings. The lowest BCUT2D eigenvalue weighted by Gasteiger charge is -2.13. The molecular weight excluding hydrogens is 174 g/mol. The van der Waals surface area contributed by atoms with Gasteiger partial charge in [-0.1, -0.05) is 31.9 Å². The minimum Gasteiger partial charge on any atom is -0.508 e. The third-order valence-electron chi connectivity index (χ3n) is 2.45. The van der Waals surface area contributed by atoms with Crippen molar-refractivity contribution in [2.75, 3.05) is 0 Å².